The number of nitrogens with zero attached hydrogens (tertiary/aromatic N) is 4. The molecule has 0 N–H and O–H groups in total. The number of hydrogen-bond acceptors (Lipinski definition) is 6. The van der Waals surface area contributed by atoms with E-state index in [0.29, 0.717) is 42.6 Å². The van der Waals surface area contributed by atoms with E-state index in [0.717, 1.165) is 5.69 Å². The lowest BCUT2D eigenvalue weighted by atomic mass is 10.1. The Balaban J connectivity index is 1.73. The third-order valence-corrected chi connectivity index (χ3v) is 7.37. The molecule has 0 bridgehead atoms. The first kappa shape index (κ1) is 29.2. The zero-order chi connectivity index (χ0) is 27.5. The van der Waals surface area contributed by atoms with E-state index in [1.54, 1.807) is 31.7 Å². The van der Waals surface area contributed by atoms with Gasteiger partial charge in [0.25, 0.3) is 0 Å². The lowest BCUT2D eigenvalue weighted by molar-refractivity contribution is -0.139. The van der Waals surface area contributed by atoms with Crippen LogP contribution >= 0.6 is 23.2 Å². The van der Waals surface area contributed by atoms with Gasteiger partial charge in [0.1, 0.15) is 17.2 Å². The number of halogens is 2. The van der Waals surface area contributed by atoms with Crippen LogP contribution in [-0.4, -0.2) is 95.9 Å². The summed E-state index contributed by atoms with van der Waals surface area (Å²) in [4.78, 5) is 46.5. The van der Waals surface area contributed by atoms with E-state index in [1.165, 1.54) is 9.80 Å². The molecular formula is C26H38Cl2N4O5. The summed E-state index contributed by atoms with van der Waals surface area (Å²) in [5.74, 6) is -0.216. The summed E-state index contributed by atoms with van der Waals surface area (Å²) < 4.78 is 11.2. The lowest BCUT2D eigenvalue weighted by Crippen LogP contribution is -2.64. The highest BCUT2D eigenvalue weighted by Crippen LogP contribution is 2.28. The Morgan fingerprint density at radius 1 is 0.865 bits per heavy atom. The largest absolute Gasteiger partial charge is 0.444 e. The molecule has 2 fully saturated rings. The number of hydrogen-bond donors (Lipinski definition) is 0. The molecule has 206 valence electrons. The van der Waals surface area contributed by atoms with Crippen molar-refractivity contribution in [1.82, 2.24) is 14.7 Å². The van der Waals surface area contributed by atoms with Gasteiger partial charge in [0.05, 0.1) is 16.6 Å². The Bertz CT molecular complexity index is 1010. The fourth-order valence-electron chi connectivity index (χ4n) is 4.15. The smallest absolute Gasteiger partial charge is 0.411 e. The van der Waals surface area contributed by atoms with Crippen molar-refractivity contribution < 1.29 is 23.9 Å². The fourth-order valence-corrected chi connectivity index (χ4v) is 4.44. The summed E-state index contributed by atoms with van der Waals surface area (Å²) in [5.41, 5.74) is -0.404. The van der Waals surface area contributed by atoms with Crippen molar-refractivity contribution in [2.45, 2.75) is 65.2 Å². The van der Waals surface area contributed by atoms with Crippen molar-refractivity contribution >= 4 is 47.0 Å². The van der Waals surface area contributed by atoms with E-state index < -0.39 is 29.4 Å². The zero-order valence-electron chi connectivity index (χ0n) is 22.6. The molecule has 0 saturated carbocycles. The van der Waals surface area contributed by atoms with E-state index in [2.05, 4.69) is 4.90 Å². The minimum atomic E-state index is -0.864. The second-order valence-corrected chi connectivity index (χ2v) is 11.8. The van der Waals surface area contributed by atoms with Crippen LogP contribution < -0.4 is 4.90 Å². The molecule has 1 aromatic rings. The number of rotatable bonds is 4. The summed E-state index contributed by atoms with van der Waals surface area (Å²) >= 11 is 12.2. The van der Waals surface area contributed by atoms with Crippen LogP contribution in [-0.2, 0) is 14.3 Å². The van der Waals surface area contributed by atoms with Crippen LogP contribution in [0.3, 0.4) is 0 Å². The molecule has 2 aliphatic heterocycles. The standard InChI is InChI=1S/C26H38Cl2N4O5/c1-7-26(5,6)37-23(34)31-14-15-32(24(35)36-25(2,3)4)21(17-31)22(33)30-12-10-29(11-13-30)18-8-9-19(27)20(28)16-18/h8-9,16,21H,7,10-15,17H2,1-6H3. The van der Waals surface area contributed by atoms with Crippen molar-refractivity contribution in [3.8, 4) is 0 Å². The highest BCUT2D eigenvalue weighted by Gasteiger charge is 2.42. The maximum Gasteiger partial charge on any atom is 0.411 e. The molecule has 2 aliphatic rings. The van der Waals surface area contributed by atoms with Crippen molar-refractivity contribution in [3.63, 3.8) is 0 Å². The Hall–Kier alpha value is -2.39. The lowest BCUT2D eigenvalue weighted by Gasteiger charge is -2.44. The predicted molar refractivity (Wildman–Crippen MR) is 144 cm³/mol. The number of anilines is 1. The monoisotopic (exact) mass is 556 g/mol. The van der Waals surface area contributed by atoms with Gasteiger partial charge in [0.2, 0.25) is 5.91 Å². The maximum atomic E-state index is 13.7. The Labute approximate surface area is 229 Å². The Morgan fingerprint density at radius 2 is 1.49 bits per heavy atom. The average molecular weight is 558 g/mol. The normalized spacial score (nSPS) is 19.1. The van der Waals surface area contributed by atoms with E-state index in [1.807, 2.05) is 32.9 Å². The first-order valence-electron chi connectivity index (χ1n) is 12.7. The second kappa shape index (κ2) is 11.6. The van der Waals surface area contributed by atoms with Gasteiger partial charge in [-0.15, -0.1) is 0 Å². The van der Waals surface area contributed by atoms with Gasteiger partial charge in [-0.3, -0.25) is 9.69 Å². The SMILES string of the molecule is CCC(C)(C)OC(=O)N1CCN(C(=O)OC(C)(C)C)C(C(=O)N2CCN(c3ccc(Cl)c(Cl)c3)CC2)C1. The molecule has 9 nitrogen and oxygen atoms in total. The topological polar surface area (TPSA) is 82.6 Å². The van der Waals surface area contributed by atoms with Crippen molar-refractivity contribution in [2.75, 3.05) is 50.7 Å². The summed E-state index contributed by atoms with van der Waals surface area (Å²) in [5, 5.41) is 0.968. The van der Waals surface area contributed by atoms with Crippen molar-refractivity contribution in [2.24, 2.45) is 0 Å². The molecule has 1 aromatic carbocycles. The molecule has 3 amide bonds. The number of carbonyl (C=O) groups is 3. The molecule has 2 saturated heterocycles. The molecule has 37 heavy (non-hydrogen) atoms. The number of piperazine rings is 2. The fraction of sp³-hybridized carbons (Fsp3) is 0.654. The van der Waals surface area contributed by atoms with Gasteiger partial charge in [-0.1, -0.05) is 30.1 Å². The molecule has 1 unspecified atom stereocenters. The minimum Gasteiger partial charge on any atom is -0.444 e. The summed E-state index contributed by atoms with van der Waals surface area (Å²) in [7, 11) is 0. The van der Waals surface area contributed by atoms with Gasteiger partial charge < -0.3 is 24.2 Å². The zero-order valence-corrected chi connectivity index (χ0v) is 24.1. The maximum absolute atomic E-state index is 13.7. The van der Waals surface area contributed by atoms with Crippen molar-refractivity contribution in [1.29, 1.82) is 0 Å². The second-order valence-electron chi connectivity index (χ2n) is 11.0. The first-order chi connectivity index (χ1) is 17.2. The Morgan fingerprint density at radius 3 is 2.05 bits per heavy atom. The predicted octanol–water partition coefficient (Wildman–Crippen LogP) is 4.89. The number of benzene rings is 1. The van der Waals surface area contributed by atoms with Crippen LogP contribution in [0.1, 0.15) is 48.0 Å². The molecule has 1 atom stereocenters. The van der Waals surface area contributed by atoms with E-state index >= 15 is 0 Å². The van der Waals surface area contributed by atoms with Crippen molar-refractivity contribution in [3.05, 3.63) is 28.2 Å². The Kier molecular flexibility index (Phi) is 9.11. The molecule has 0 spiro atoms. The highest BCUT2D eigenvalue weighted by molar-refractivity contribution is 6.42. The third kappa shape index (κ3) is 7.57. The number of amides is 3. The van der Waals surface area contributed by atoms with Crippen LogP contribution in [0.25, 0.3) is 0 Å². The molecular weight excluding hydrogens is 519 g/mol. The summed E-state index contributed by atoms with van der Waals surface area (Å²) in [6.45, 7) is 13.6. The molecule has 3 rings (SSSR count). The molecule has 2 heterocycles. The van der Waals surface area contributed by atoms with Crippen LogP contribution in [0.4, 0.5) is 15.3 Å². The number of carbonyl (C=O) groups excluding carboxylic acids is 3. The van der Waals surface area contributed by atoms with Crippen LogP contribution in [0.2, 0.25) is 10.0 Å². The quantitative estimate of drug-likeness (QED) is 0.525. The van der Waals surface area contributed by atoms with E-state index in [-0.39, 0.29) is 25.5 Å². The van der Waals surface area contributed by atoms with Gasteiger partial charge in [-0.2, -0.15) is 0 Å². The molecule has 0 aromatic heterocycles. The van der Waals surface area contributed by atoms with Gasteiger partial charge >= 0.3 is 12.2 Å². The summed E-state index contributed by atoms with van der Waals surface area (Å²) in [6, 6.07) is 4.61. The highest BCUT2D eigenvalue weighted by atomic mass is 35.5. The molecule has 11 heteroatoms. The number of ether oxygens (including phenoxy) is 2. The van der Waals surface area contributed by atoms with E-state index in [4.69, 9.17) is 32.7 Å². The molecule has 0 aliphatic carbocycles. The van der Waals surface area contributed by atoms with Gasteiger partial charge in [0.15, 0.2) is 0 Å². The van der Waals surface area contributed by atoms with Crippen LogP contribution in [0, 0.1) is 0 Å². The van der Waals surface area contributed by atoms with Crippen LogP contribution in [0.15, 0.2) is 18.2 Å². The average Bonchev–Trinajstić information content (AvgIpc) is 2.83. The van der Waals surface area contributed by atoms with Gasteiger partial charge in [-0.05, 0) is 59.2 Å². The van der Waals surface area contributed by atoms with E-state index in [9.17, 15) is 14.4 Å². The minimum absolute atomic E-state index is 0.0453. The third-order valence-electron chi connectivity index (χ3n) is 6.63. The van der Waals surface area contributed by atoms with Gasteiger partial charge in [0, 0.05) is 45.0 Å². The summed E-state index contributed by atoms with van der Waals surface area (Å²) in [6.07, 6.45) is -0.401. The van der Waals surface area contributed by atoms with Crippen LogP contribution in [0.5, 0.6) is 0 Å². The first-order valence-corrected chi connectivity index (χ1v) is 13.4. The van der Waals surface area contributed by atoms with Gasteiger partial charge in [-0.25, -0.2) is 9.59 Å². The molecule has 0 radical (unpaired) electrons.